The number of nitrogens with zero attached hydrogens (tertiary/aromatic N) is 1. The summed E-state index contributed by atoms with van der Waals surface area (Å²) in [6, 6.07) is 16.6. The van der Waals surface area contributed by atoms with Crippen molar-refractivity contribution in [3.05, 3.63) is 77.4 Å². The molecule has 0 fully saturated rings. The Morgan fingerprint density at radius 2 is 1.53 bits per heavy atom. The topological polar surface area (TPSA) is 125 Å². The van der Waals surface area contributed by atoms with Crippen molar-refractivity contribution in [1.82, 2.24) is 5.43 Å². The highest BCUT2D eigenvalue weighted by Gasteiger charge is 2.17. The summed E-state index contributed by atoms with van der Waals surface area (Å²) in [6.45, 7) is 1.81. The zero-order valence-electron chi connectivity index (χ0n) is 20.2. The summed E-state index contributed by atoms with van der Waals surface area (Å²) in [5.41, 5.74) is 4.17. The van der Waals surface area contributed by atoms with Crippen molar-refractivity contribution >= 4 is 29.7 Å². The number of hydrogen-bond donors (Lipinski definition) is 2. The van der Waals surface area contributed by atoms with Crippen molar-refractivity contribution in [2.45, 2.75) is 6.92 Å². The molecule has 3 aromatic rings. The van der Waals surface area contributed by atoms with Crippen molar-refractivity contribution in [2.24, 2.45) is 5.10 Å². The van der Waals surface area contributed by atoms with Gasteiger partial charge in [0.2, 0.25) is 0 Å². The Hall–Kier alpha value is -4.86. The van der Waals surface area contributed by atoms with Crippen molar-refractivity contribution in [1.29, 1.82) is 0 Å². The molecule has 0 aliphatic heterocycles. The SMILES string of the molecule is COc1ccc(OC)c(NC(=O)C(=O)N/N=C/c2ccc(OC(=O)c3ccccc3C)c(OC)c2)c1. The Kier molecular flexibility index (Phi) is 8.60. The van der Waals surface area contributed by atoms with Gasteiger partial charge in [0.05, 0.1) is 38.8 Å². The minimum Gasteiger partial charge on any atom is -0.497 e. The molecule has 2 N–H and O–H groups in total. The van der Waals surface area contributed by atoms with Gasteiger partial charge in [-0.15, -0.1) is 0 Å². The second-order valence-electron chi connectivity index (χ2n) is 7.33. The minimum absolute atomic E-state index is 0.221. The van der Waals surface area contributed by atoms with E-state index in [4.69, 9.17) is 18.9 Å². The average molecular weight is 492 g/mol. The van der Waals surface area contributed by atoms with E-state index in [1.54, 1.807) is 42.5 Å². The van der Waals surface area contributed by atoms with E-state index in [1.807, 2.05) is 19.1 Å². The van der Waals surface area contributed by atoms with Gasteiger partial charge in [-0.05, 0) is 54.4 Å². The number of hydrogen-bond acceptors (Lipinski definition) is 8. The van der Waals surface area contributed by atoms with Gasteiger partial charge in [0, 0.05) is 6.07 Å². The molecule has 0 unspecified atom stereocenters. The van der Waals surface area contributed by atoms with E-state index < -0.39 is 17.8 Å². The first kappa shape index (κ1) is 25.8. The molecule has 0 saturated carbocycles. The molecule has 3 rings (SSSR count). The van der Waals surface area contributed by atoms with E-state index in [9.17, 15) is 14.4 Å². The van der Waals surface area contributed by atoms with E-state index in [0.717, 1.165) is 5.56 Å². The third-order valence-electron chi connectivity index (χ3n) is 5.00. The fourth-order valence-electron chi connectivity index (χ4n) is 3.11. The number of carbonyl (C=O) groups excluding carboxylic acids is 3. The lowest BCUT2D eigenvalue weighted by Crippen LogP contribution is -2.32. The first-order valence-electron chi connectivity index (χ1n) is 10.7. The molecule has 0 aromatic heterocycles. The smallest absolute Gasteiger partial charge is 0.343 e. The molecule has 36 heavy (non-hydrogen) atoms. The number of rotatable bonds is 8. The van der Waals surface area contributed by atoms with E-state index in [1.165, 1.54) is 33.6 Å². The lowest BCUT2D eigenvalue weighted by molar-refractivity contribution is -0.136. The van der Waals surface area contributed by atoms with Crippen LogP contribution >= 0.6 is 0 Å². The summed E-state index contributed by atoms with van der Waals surface area (Å²) in [7, 11) is 4.34. The number of hydrazone groups is 1. The van der Waals surface area contributed by atoms with Crippen LogP contribution in [0.1, 0.15) is 21.5 Å². The fraction of sp³-hybridized carbons (Fsp3) is 0.154. The molecule has 10 nitrogen and oxygen atoms in total. The van der Waals surface area contributed by atoms with Crippen LogP contribution in [0.2, 0.25) is 0 Å². The largest absolute Gasteiger partial charge is 0.497 e. The van der Waals surface area contributed by atoms with Crippen LogP contribution in [0.3, 0.4) is 0 Å². The van der Waals surface area contributed by atoms with Crippen LogP contribution in [-0.4, -0.2) is 45.3 Å². The van der Waals surface area contributed by atoms with Gasteiger partial charge < -0.3 is 24.3 Å². The second-order valence-corrected chi connectivity index (χ2v) is 7.33. The van der Waals surface area contributed by atoms with Gasteiger partial charge in [0.15, 0.2) is 11.5 Å². The van der Waals surface area contributed by atoms with Gasteiger partial charge in [0.1, 0.15) is 11.5 Å². The Bertz CT molecular complexity index is 1300. The van der Waals surface area contributed by atoms with E-state index in [-0.39, 0.29) is 17.2 Å². The van der Waals surface area contributed by atoms with Crippen LogP contribution in [0.5, 0.6) is 23.0 Å². The molecule has 0 atom stereocenters. The maximum atomic E-state index is 12.5. The van der Waals surface area contributed by atoms with Crippen molar-refractivity contribution in [2.75, 3.05) is 26.6 Å². The summed E-state index contributed by atoms with van der Waals surface area (Å²) in [4.78, 5) is 36.9. The molecule has 0 saturated heterocycles. The van der Waals surface area contributed by atoms with Crippen molar-refractivity contribution < 1.29 is 33.3 Å². The number of carbonyl (C=O) groups is 3. The lowest BCUT2D eigenvalue weighted by atomic mass is 10.1. The molecule has 2 amide bonds. The molecule has 0 aliphatic carbocycles. The second kappa shape index (κ2) is 12.0. The summed E-state index contributed by atoms with van der Waals surface area (Å²) >= 11 is 0. The van der Waals surface area contributed by atoms with Crippen LogP contribution in [0, 0.1) is 6.92 Å². The van der Waals surface area contributed by atoms with Gasteiger partial charge in [-0.2, -0.15) is 5.10 Å². The average Bonchev–Trinajstić information content (AvgIpc) is 2.89. The Morgan fingerprint density at radius 1 is 0.806 bits per heavy atom. The van der Waals surface area contributed by atoms with Gasteiger partial charge in [-0.1, -0.05) is 18.2 Å². The standard InChI is InChI=1S/C26H25N3O7/c1-16-7-5-6-8-19(16)26(32)36-22-11-9-17(13-23(22)35-4)15-27-29-25(31)24(30)28-20-14-18(33-2)10-12-21(20)34-3/h5-15H,1-4H3,(H,28,30)(H,29,31)/b27-15+. The predicted octanol–water partition coefficient (Wildman–Crippen LogP) is 3.33. The Balaban J connectivity index is 1.63. The van der Waals surface area contributed by atoms with Crippen molar-refractivity contribution in [3.8, 4) is 23.0 Å². The number of amides is 2. The summed E-state index contributed by atoms with van der Waals surface area (Å²) in [5.74, 6) is -1.11. The first-order chi connectivity index (χ1) is 17.4. The van der Waals surface area contributed by atoms with E-state index in [2.05, 4.69) is 15.8 Å². The number of ether oxygens (including phenoxy) is 4. The summed E-state index contributed by atoms with van der Waals surface area (Å²) in [6.07, 6.45) is 1.31. The third-order valence-corrected chi connectivity index (χ3v) is 5.00. The summed E-state index contributed by atoms with van der Waals surface area (Å²) in [5, 5.41) is 6.25. The number of nitrogens with one attached hydrogen (secondary N) is 2. The van der Waals surface area contributed by atoms with Crippen LogP contribution in [0.25, 0.3) is 0 Å². The predicted molar refractivity (Wildman–Crippen MR) is 133 cm³/mol. The molecule has 0 bridgehead atoms. The summed E-state index contributed by atoms with van der Waals surface area (Å²) < 4.78 is 21.1. The molecule has 0 spiro atoms. The third kappa shape index (κ3) is 6.38. The monoisotopic (exact) mass is 491 g/mol. The Morgan fingerprint density at radius 3 is 2.22 bits per heavy atom. The normalized spacial score (nSPS) is 10.4. The highest BCUT2D eigenvalue weighted by Crippen LogP contribution is 2.29. The molecular weight excluding hydrogens is 466 g/mol. The van der Waals surface area contributed by atoms with E-state index in [0.29, 0.717) is 22.6 Å². The molecule has 0 aliphatic rings. The maximum Gasteiger partial charge on any atom is 0.343 e. The molecular formula is C26H25N3O7. The van der Waals surface area contributed by atoms with E-state index >= 15 is 0 Å². The molecule has 186 valence electrons. The highest BCUT2D eigenvalue weighted by molar-refractivity contribution is 6.39. The zero-order chi connectivity index (χ0) is 26.1. The zero-order valence-corrected chi connectivity index (χ0v) is 20.2. The van der Waals surface area contributed by atoms with Crippen LogP contribution in [0.4, 0.5) is 5.69 Å². The van der Waals surface area contributed by atoms with Crippen LogP contribution in [0.15, 0.2) is 65.8 Å². The molecule has 10 heteroatoms. The number of esters is 1. The fourth-order valence-corrected chi connectivity index (χ4v) is 3.11. The molecule has 0 heterocycles. The molecule has 3 aromatic carbocycles. The van der Waals surface area contributed by atoms with Gasteiger partial charge in [0.25, 0.3) is 0 Å². The number of benzene rings is 3. The minimum atomic E-state index is -0.994. The van der Waals surface area contributed by atoms with Crippen LogP contribution in [-0.2, 0) is 9.59 Å². The Labute approximate surface area is 207 Å². The quantitative estimate of drug-likeness (QED) is 0.163. The van der Waals surface area contributed by atoms with Gasteiger partial charge in [-0.25, -0.2) is 10.2 Å². The number of aryl methyl sites for hydroxylation is 1. The first-order valence-corrected chi connectivity index (χ1v) is 10.7. The lowest BCUT2D eigenvalue weighted by Gasteiger charge is -2.11. The van der Waals surface area contributed by atoms with Gasteiger partial charge >= 0.3 is 17.8 Å². The highest BCUT2D eigenvalue weighted by atomic mass is 16.6. The number of anilines is 1. The molecule has 0 radical (unpaired) electrons. The van der Waals surface area contributed by atoms with Crippen LogP contribution < -0.4 is 29.7 Å². The van der Waals surface area contributed by atoms with Gasteiger partial charge in [-0.3, -0.25) is 9.59 Å². The number of methoxy groups -OCH3 is 3. The van der Waals surface area contributed by atoms with Crippen molar-refractivity contribution in [3.63, 3.8) is 0 Å². The maximum absolute atomic E-state index is 12.5.